The lowest BCUT2D eigenvalue weighted by Gasteiger charge is -2.08. The molecule has 3 aromatic rings. The predicted octanol–water partition coefficient (Wildman–Crippen LogP) is 5.13. The molecule has 2 nitrogen and oxygen atoms in total. The van der Waals surface area contributed by atoms with Crippen LogP contribution in [0.1, 0.15) is 18.9 Å². The van der Waals surface area contributed by atoms with Crippen LogP contribution in [0.3, 0.4) is 0 Å². The molecule has 0 saturated heterocycles. The molecule has 0 aliphatic heterocycles. The number of fused-ring (bicyclic) bond motifs is 1. The van der Waals surface area contributed by atoms with Crippen LogP contribution in [0.4, 0.5) is 13.2 Å². The first kappa shape index (κ1) is 14.6. The molecular formula is C17H15F3N2. The van der Waals surface area contributed by atoms with Gasteiger partial charge in [-0.25, -0.2) is 4.98 Å². The third kappa shape index (κ3) is 2.58. The summed E-state index contributed by atoms with van der Waals surface area (Å²) in [5, 5.41) is 0. The number of hydrogen-bond donors (Lipinski definition) is 0. The van der Waals surface area contributed by atoms with E-state index in [4.69, 9.17) is 0 Å². The van der Waals surface area contributed by atoms with Gasteiger partial charge in [0.15, 0.2) is 0 Å². The number of hydrogen-bond acceptors (Lipinski definition) is 1. The van der Waals surface area contributed by atoms with Gasteiger partial charge < -0.3 is 4.57 Å². The highest BCUT2D eigenvalue weighted by Gasteiger charge is 2.31. The van der Waals surface area contributed by atoms with Gasteiger partial charge in [-0.15, -0.1) is 0 Å². The number of rotatable bonds is 3. The smallest absolute Gasteiger partial charge is 0.324 e. The Morgan fingerprint density at radius 1 is 1.05 bits per heavy atom. The molecule has 22 heavy (non-hydrogen) atoms. The summed E-state index contributed by atoms with van der Waals surface area (Å²) in [6.45, 7) is 2.75. The molecule has 0 aliphatic carbocycles. The zero-order valence-corrected chi connectivity index (χ0v) is 12.1. The van der Waals surface area contributed by atoms with Gasteiger partial charge in [0.05, 0.1) is 16.6 Å². The van der Waals surface area contributed by atoms with Crippen molar-refractivity contribution in [1.29, 1.82) is 0 Å². The van der Waals surface area contributed by atoms with E-state index >= 15 is 0 Å². The second-order valence-electron chi connectivity index (χ2n) is 5.15. The Morgan fingerprint density at radius 2 is 1.77 bits per heavy atom. The van der Waals surface area contributed by atoms with Gasteiger partial charge in [-0.05, 0) is 24.6 Å². The Kier molecular flexibility index (Phi) is 3.64. The van der Waals surface area contributed by atoms with Gasteiger partial charge in [0.1, 0.15) is 5.82 Å². The Labute approximate surface area is 126 Å². The van der Waals surface area contributed by atoms with E-state index in [2.05, 4.69) is 4.98 Å². The Morgan fingerprint density at radius 3 is 2.41 bits per heavy atom. The first-order valence-electron chi connectivity index (χ1n) is 7.13. The molecule has 0 saturated carbocycles. The molecule has 2 aromatic carbocycles. The molecule has 1 heterocycles. The zero-order chi connectivity index (χ0) is 15.7. The largest absolute Gasteiger partial charge is 0.416 e. The second-order valence-corrected chi connectivity index (χ2v) is 5.15. The van der Waals surface area contributed by atoms with E-state index in [0.29, 0.717) is 17.9 Å². The normalized spacial score (nSPS) is 12.0. The maximum atomic E-state index is 12.9. The van der Waals surface area contributed by atoms with Crippen molar-refractivity contribution in [2.45, 2.75) is 26.1 Å². The molecule has 3 rings (SSSR count). The molecule has 0 amide bonds. The minimum atomic E-state index is -4.35. The highest BCUT2D eigenvalue weighted by molar-refractivity contribution is 5.81. The molecule has 0 radical (unpaired) electrons. The molecule has 0 atom stereocenters. The first-order valence-corrected chi connectivity index (χ1v) is 7.13. The topological polar surface area (TPSA) is 17.8 Å². The predicted molar refractivity (Wildman–Crippen MR) is 80.5 cm³/mol. The van der Waals surface area contributed by atoms with Crippen molar-refractivity contribution in [2.24, 2.45) is 0 Å². The fourth-order valence-electron chi connectivity index (χ4n) is 2.56. The summed E-state index contributed by atoms with van der Waals surface area (Å²) in [5.74, 6) is 0.705. The number of aryl methyl sites for hydroxylation is 1. The summed E-state index contributed by atoms with van der Waals surface area (Å²) in [5.41, 5.74) is 1.34. The zero-order valence-electron chi connectivity index (χ0n) is 12.1. The monoisotopic (exact) mass is 304 g/mol. The van der Waals surface area contributed by atoms with E-state index in [1.54, 1.807) is 0 Å². The van der Waals surface area contributed by atoms with Crippen LogP contribution >= 0.6 is 0 Å². The third-order valence-corrected chi connectivity index (χ3v) is 3.55. The molecule has 0 bridgehead atoms. The van der Waals surface area contributed by atoms with Crippen LogP contribution in [0.5, 0.6) is 0 Å². The van der Waals surface area contributed by atoms with Crippen molar-refractivity contribution < 1.29 is 13.2 Å². The summed E-state index contributed by atoms with van der Waals surface area (Å²) in [6, 6.07) is 13.3. The maximum absolute atomic E-state index is 12.9. The number of alkyl halides is 3. The van der Waals surface area contributed by atoms with Gasteiger partial charge in [-0.2, -0.15) is 13.2 Å². The lowest BCUT2D eigenvalue weighted by atomic mass is 10.2. The molecule has 0 aliphatic rings. The summed E-state index contributed by atoms with van der Waals surface area (Å²) < 4.78 is 40.6. The molecule has 0 fully saturated rings. The van der Waals surface area contributed by atoms with Crippen LogP contribution in [0.2, 0.25) is 0 Å². The van der Waals surface area contributed by atoms with Crippen LogP contribution in [0.15, 0.2) is 48.5 Å². The second kappa shape index (κ2) is 5.48. The molecule has 5 heteroatoms. The summed E-state index contributed by atoms with van der Waals surface area (Å²) in [6.07, 6.45) is -3.47. The SMILES string of the molecule is CCCn1c(-c2ccccc2)nc2cc(C(F)(F)F)ccc21. The Hall–Kier alpha value is -2.30. The molecular weight excluding hydrogens is 289 g/mol. The van der Waals surface area contributed by atoms with Crippen molar-refractivity contribution in [3.8, 4) is 11.4 Å². The Balaban J connectivity index is 2.22. The molecule has 114 valence electrons. The number of imidazole rings is 1. The number of nitrogens with zero attached hydrogens (tertiary/aromatic N) is 2. The standard InChI is InChI=1S/C17H15F3N2/c1-2-10-22-15-9-8-13(17(18,19)20)11-14(15)21-16(22)12-6-4-3-5-7-12/h3-9,11H,2,10H2,1H3. The van der Waals surface area contributed by atoms with Crippen molar-refractivity contribution in [2.75, 3.05) is 0 Å². The van der Waals surface area contributed by atoms with Crippen LogP contribution in [-0.2, 0) is 12.7 Å². The van der Waals surface area contributed by atoms with Gasteiger partial charge in [-0.1, -0.05) is 37.3 Å². The van der Waals surface area contributed by atoms with E-state index in [-0.39, 0.29) is 0 Å². The Bertz CT molecular complexity index is 789. The number of benzene rings is 2. The first-order chi connectivity index (χ1) is 10.5. The van der Waals surface area contributed by atoms with Crippen LogP contribution in [-0.4, -0.2) is 9.55 Å². The van der Waals surface area contributed by atoms with E-state index in [1.807, 2.05) is 41.8 Å². The van der Waals surface area contributed by atoms with E-state index in [0.717, 1.165) is 29.6 Å². The summed E-state index contributed by atoms with van der Waals surface area (Å²) >= 11 is 0. The van der Waals surface area contributed by atoms with Crippen molar-refractivity contribution >= 4 is 11.0 Å². The van der Waals surface area contributed by atoms with Crippen molar-refractivity contribution in [1.82, 2.24) is 9.55 Å². The summed E-state index contributed by atoms with van der Waals surface area (Å²) in [7, 11) is 0. The van der Waals surface area contributed by atoms with Gasteiger partial charge >= 0.3 is 6.18 Å². The fraction of sp³-hybridized carbons (Fsp3) is 0.235. The van der Waals surface area contributed by atoms with E-state index in [1.165, 1.54) is 6.07 Å². The third-order valence-electron chi connectivity index (χ3n) is 3.55. The van der Waals surface area contributed by atoms with Crippen LogP contribution in [0, 0.1) is 0 Å². The lowest BCUT2D eigenvalue weighted by Crippen LogP contribution is -2.04. The molecule has 0 N–H and O–H groups in total. The molecule has 0 spiro atoms. The number of aromatic nitrogens is 2. The highest BCUT2D eigenvalue weighted by Crippen LogP contribution is 2.33. The average molecular weight is 304 g/mol. The number of halogens is 3. The van der Waals surface area contributed by atoms with Gasteiger partial charge in [0.25, 0.3) is 0 Å². The molecule has 1 aromatic heterocycles. The highest BCUT2D eigenvalue weighted by atomic mass is 19.4. The van der Waals surface area contributed by atoms with Crippen LogP contribution < -0.4 is 0 Å². The minimum Gasteiger partial charge on any atom is -0.324 e. The van der Waals surface area contributed by atoms with Crippen LogP contribution in [0.25, 0.3) is 22.4 Å². The van der Waals surface area contributed by atoms with Crippen molar-refractivity contribution in [3.05, 3.63) is 54.1 Å². The molecule has 0 unspecified atom stereocenters. The quantitative estimate of drug-likeness (QED) is 0.655. The fourth-order valence-corrected chi connectivity index (χ4v) is 2.56. The van der Waals surface area contributed by atoms with E-state index in [9.17, 15) is 13.2 Å². The lowest BCUT2D eigenvalue weighted by molar-refractivity contribution is -0.137. The average Bonchev–Trinajstić information content (AvgIpc) is 2.86. The summed E-state index contributed by atoms with van der Waals surface area (Å²) in [4.78, 5) is 4.44. The van der Waals surface area contributed by atoms with E-state index < -0.39 is 11.7 Å². The van der Waals surface area contributed by atoms with Gasteiger partial charge in [0, 0.05) is 12.1 Å². The minimum absolute atomic E-state index is 0.377. The van der Waals surface area contributed by atoms with Gasteiger partial charge in [-0.3, -0.25) is 0 Å². The van der Waals surface area contributed by atoms with Crippen molar-refractivity contribution in [3.63, 3.8) is 0 Å². The maximum Gasteiger partial charge on any atom is 0.416 e. The van der Waals surface area contributed by atoms with Gasteiger partial charge in [0.2, 0.25) is 0 Å².